The first-order chi connectivity index (χ1) is 9.72. The predicted molar refractivity (Wildman–Crippen MR) is 74.5 cm³/mol. The quantitative estimate of drug-likeness (QED) is 0.854. The number of hydrogen-bond donors (Lipinski definition) is 1. The maximum atomic E-state index is 11.8. The van der Waals surface area contributed by atoms with Gasteiger partial charge in [0, 0.05) is 38.0 Å². The van der Waals surface area contributed by atoms with Gasteiger partial charge in [-0.05, 0) is 13.0 Å². The molecular weight excluding hydrogens is 256 g/mol. The minimum Gasteiger partial charge on any atom is -0.462 e. The minimum absolute atomic E-state index is 0.00133. The fraction of sp³-hybridized carbons (Fsp3) is 0.533. The van der Waals surface area contributed by atoms with Crippen LogP contribution in [0.1, 0.15) is 25.3 Å². The lowest BCUT2D eigenvalue weighted by molar-refractivity contribution is -0.225. The van der Waals surface area contributed by atoms with Gasteiger partial charge < -0.3 is 19.7 Å². The molecule has 1 saturated heterocycles. The molecule has 0 aromatic heterocycles. The van der Waals surface area contributed by atoms with Crippen LogP contribution in [-0.2, 0) is 11.3 Å². The molecule has 0 saturated carbocycles. The molecule has 2 amide bonds. The van der Waals surface area contributed by atoms with Crippen LogP contribution in [0.4, 0.5) is 4.79 Å². The van der Waals surface area contributed by atoms with E-state index in [2.05, 4.69) is 5.32 Å². The molecule has 1 spiro atoms. The lowest BCUT2D eigenvalue weighted by Gasteiger charge is -2.43. The number of ether oxygens (including phenoxy) is 2. The van der Waals surface area contributed by atoms with Gasteiger partial charge in [0.05, 0.1) is 6.61 Å². The number of likely N-dealkylation sites (tertiary alicyclic amines) is 1. The fourth-order valence-electron chi connectivity index (χ4n) is 2.72. The molecule has 1 N–H and O–H groups in total. The van der Waals surface area contributed by atoms with Crippen molar-refractivity contribution in [2.45, 2.75) is 32.2 Å². The molecule has 0 bridgehead atoms. The summed E-state index contributed by atoms with van der Waals surface area (Å²) < 4.78 is 12.0. The minimum atomic E-state index is -0.558. The maximum Gasteiger partial charge on any atom is 0.317 e. The van der Waals surface area contributed by atoms with Crippen LogP contribution in [0, 0.1) is 0 Å². The van der Waals surface area contributed by atoms with Gasteiger partial charge in [0.15, 0.2) is 0 Å². The number of para-hydroxylation sites is 1. The lowest BCUT2D eigenvalue weighted by Crippen LogP contribution is -2.54. The number of urea groups is 1. The number of nitrogens with zero attached hydrogens (tertiary/aromatic N) is 1. The van der Waals surface area contributed by atoms with Crippen molar-refractivity contribution in [3.8, 4) is 5.75 Å². The third-order valence-corrected chi connectivity index (χ3v) is 3.90. The van der Waals surface area contributed by atoms with Crippen molar-refractivity contribution in [3.63, 3.8) is 0 Å². The highest BCUT2D eigenvalue weighted by Gasteiger charge is 2.41. The van der Waals surface area contributed by atoms with Gasteiger partial charge in [0.2, 0.25) is 5.79 Å². The Kier molecular flexibility index (Phi) is 3.53. The van der Waals surface area contributed by atoms with Crippen molar-refractivity contribution in [1.29, 1.82) is 0 Å². The number of rotatable bonds is 1. The first-order valence-corrected chi connectivity index (χ1v) is 7.16. The molecule has 5 heteroatoms. The molecule has 2 aliphatic heterocycles. The Morgan fingerprint density at radius 1 is 1.35 bits per heavy atom. The Morgan fingerprint density at radius 3 is 2.85 bits per heavy atom. The van der Waals surface area contributed by atoms with Crippen LogP contribution in [0.2, 0.25) is 0 Å². The average molecular weight is 276 g/mol. The molecule has 5 nitrogen and oxygen atoms in total. The summed E-state index contributed by atoms with van der Waals surface area (Å²) in [5, 5.41) is 2.83. The van der Waals surface area contributed by atoms with Crippen LogP contribution in [0.5, 0.6) is 5.75 Å². The van der Waals surface area contributed by atoms with Gasteiger partial charge in [-0.2, -0.15) is 0 Å². The lowest BCUT2D eigenvalue weighted by atomic mass is 10.0. The largest absolute Gasteiger partial charge is 0.462 e. The first kappa shape index (κ1) is 13.2. The Morgan fingerprint density at radius 2 is 2.10 bits per heavy atom. The zero-order chi connectivity index (χ0) is 14.0. The smallest absolute Gasteiger partial charge is 0.317 e. The van der Waals surface area contributed by atoms with Gasteiger partial charge in [-0.3, -0.25) is 0 Å². The highest BCUT2D eigenvalue weighted by molar-refractivity contribution is 5.74. The van der Waals surface area contributed by atoms with Crippen molar-refractivity contribution in [2.24, 2.45) is 0 Å². The van der Waals surface area contributed by atoms with E-state index < -0.39 is 5.79 Å². The molecule has 3 rings (SSSR count). The Hall–Kier alpha value is -1.75. The molecule has 20 heavy (non-hydrogen) atoms. The molecule has 0 atom stereocenters. The number of piperidine rings is 1. The van der Waals surface area contributed by atoms with E-state index in [1.165, 1.54) is 0 Å². The van der Waals surface area contributed by atoms with Gasteiger partial charge in [0.1, 0.15) is 5.75 Å². The monoisotopic (exact) mass is 276 g/mol. The summed E-state index contributed by atoms with van der Waals surface area (Å²) in [6.45, 7) is 4.48. The summed E-state index contributed by atoms with van der Waals surface area (Å²) in [6.07, 6.45) is 1.41. The van der Waals surface area contributed by atoms with Crippen molar-refractivity contribution in [2.75, 3.05) is 19.6 Å². The Balaban J connectivity index is 1.65. The van der Waals surface area contributed by atoms with Gasteiger partial charge >= 0.3 is 6.03 Å². The number of nitrogens with one attached hydrogen (secondary N) is 1. The molecule has 108 valence electrons. The average Bonchev–Trinajstić information content (AvgIpc) is 2.48. The molecule has 0 aliphatic carbocycles. The zero-order valence-corrected chi connectivity index (χ0v) is 11.7. The van der Waals surface area contributed by atoms with Crippen molar-refractivity contribution in [1.82, 2.24) is 10.2 Å². The number of fused-ring (bicyclic) bond motifs is 1. The molecular formula is C15H20N2O3. The number of hydrogen-bond acceptors (Lipinski definition) is 3. The number of amides is 2. The summed E-state index contributed by atoms with van der Waals surface area (Å²) in [5.41, 5.74) is 1.09. The molecule has 1 aromatic carbocycles. The Labute approximate surface area is 118 Å². The van der Waals surface area contributed by atoms with E-state index in [4.69, 9.17) is 9.47 Å². The van der Waals surface area contributed by atoms with Crippen molar-refractivity contribution < 1.29 is 14.3 Å². The third kappa shape index (κ3) is 2.45. The van der Waals surface area contributed by atoms with E-state index in [1.807, 2.05) is 36.1 Å². The van der Waals surface area contributed by atoms with E-state index in [9.17, 15) is 4.79 Å². The second-order valence-corrected chi connectivity index (χ2v) is 5.23. The van der Waals surface area contributed by atoms with Gasteiger partial charge in [-0.25, -0.2) is 4.79 Å². The van der Waals surface area contributed by atoms with Crippen LogP contribution in [0.3, 0.4) is 0 Å². The van der Waals surface area contributed by atoms with Gasteiger partial charge in [-0.15, -0.1) is 0 Å². The summed E-state index contributed by atoms with van der Waals surface area (Å²) in [7, 11) is 0. The summed E-state index contributed by atoms with van der Waals surface area (Å²) in [5.74, 6) is 0.349. The van der Waals surface area contributed by atoms with Crippen LogP contribution in [0.15, 0.2) is 24.3 Å². The zero-order valence-electron chi connectivity index (χ0n) is 11.7. The summed E-state index contributed by atoms with van der Waals surface area (Å²) >= 11 is 0. The van der Waals surface area contributed by atoms with Crippen LogP contribution in [-0.4, -0.2) is 36.4 Å². The number of carbonyl (C=O) groups excluding carboxylic acids is 1. The van der Waals surface area contributed by atoms with E-state index in [0.29, 0.717) is 39.1 Å². The SMILES string of the molecule is CCNC(=O)N1CCC2(CC1)OCc1ccccc1O2. The number of benzene rings is 1. The molecule has 0 radical (unpaired) electrons. The first-order valence-electron chi connectivity index (χ1n) is 7.16. The van der Waals surface area contributed by atoms with Crippen molar-refractivity contribution in [3.05, 3.63) is 29.8 Å². The highest BCUT2D eigenvalue weighted by Crippen LogP contribution is 2.37. The Bertz CT molecular complexity index is 496. The van der Waals surface area contributed by atoms with Crippen LogP contribution < -0.4 is 10.1 Å². The third-order valence-electron chi connectivity index (χ3n) is 3.90. The van der Waals surface area contributed by atoms with E-state index in [0.717, 1.165) is 11.3 Å². The maximum absolute atomic E-state index is 11.8. The van der Waals surface area contributed by atoms with Gasteiger partial charge in [-0.1, -0.05) is 18.2 Å². The predicted octanol–water partition coefficient (Wildman–Crippen LogP) is 2.12. The molecule has 1 aromatic rings. The van der Waals surface area contributed by atoms with Gasteiger partial charge in [0.25, 0.3) is 0 Å². The second kappa shape index (κ2) is 5.32. The molecule has 0 unspecified atom stereocenters. The number of carbonyl (C=O) groups is 1. The standard InChI is InChI=1S/C15H20N2O3/c1-2-16-14(18)17-9-7-15(8-10-17)19-11-12-5-3-4-6-13(12)20-15/h3-6H,2,7-11H2,1H3,(H,16,18). The van der Waals surface area contributed by atoms with E-state index in [-0.39, 0.29) is 6.03 Å². The second-order valence-electron chi connectivity index (χ2n) is 5.23. The topological polar surface area (TPSA) is 50.8 Å². The molecule has 2 heterocycles. The molecule has 2 aliphatic rings. The normalized spacial score (nSPS) is 20.1. The molecule has 1 fully saturated rings. The van der Waals surface area contributed by atoms with Crippen molar-refractivity contribution >= 4 is 6.03 Å². The fourth-order valence-corrected chi connectivity index (χ4v) is 2.72. The highest BCUT2D eigenvalue weighted by atomic mass is 16.7. The summed E-state index contributed by atoms with van der Waals surface area (Å²) in [6, 6.07) is 7.96. The summed E-state index contributed by atoms with van der Waals surface area (Å²) in [4.78, 5) is 13.6. The van der Waals surface area contributed by atoms with Crippen LogP contribution in [0.25, 0.3) is 0 Å². The van der Waals surface area contributed by atoms with E-state index >= 15 is 0 Å². The van der Waals surface area contributed by atoms with E-state index in [1.54, 1.807) is 0 Å². The van der Waals surface area contributed by atoms with Crippen LogP contribution >= 0.6 is 0 Å².